The first-order valence-electron chi connectivity index (χ1n) is 5.46. The molecule has 1 unspecified atom stereocenters. The summed E-state index contributed by atoms with van der Waals surface area (Å²) in [4.78, 5) is 2.37. The maximum Gasteiger partial charge on any atom is 0.204 e. The summed E-state index contributed by atoms with van der Waals surface area (Å²) in [5, 5.41) is 19.2. The van der Waals surface area contributed by atoms with Crippen molar-refractivity contribution < 1.29 is 23.7 Å². The van der Waals surface area contributed by atoms with Crippen molar-refractivity contribution in [2.75, 3.05) is 6.61 Å². The van der Waals surface area contributed by atoms with Crippen molar-refractivity contribution in [3.05, 3.63) is 21.4 Å². The van der Waals surface area contributed by atoms with E-state index >= 15 is 0 Å². The molecule has 0 aromatic carbocycles. The summed E-state index contributed by atoms with van der Waals surface area (Å²) in [6.45, 7) is -0.694. The summed E-state index contributed by atoms with van der Waals surface area (Å²) in [6, 6.07) is 0. The SMILES string of the molecule is C#CC1(O)[C@@H](F)[C@@H](CO)O[C@H]1n1cc(F)c(=S)[nH]c1=S. The number of rotatable bonds is 2. The van der Waals surface area contributed by atoms with Crippen LogP contribution in [-0.2, 0) is 4.74 Å². The van der Waals surface area contributed by atoms with Crippen LogP contribution in [0.3, 0.4) is 0 Å². The van der Waals surface area contributed by atoms with Crippen LogP contribution in [0.1, 0.15) is 6.23 Å². The van der Waals surface area contributed by atoms with Gasteiger partial charge >= 0.3 is 0 Å². The van der Waals surface area contributed by atoms with Gasteiger partial charge in [0.25, 0.3) is 0 Å². The molecule has 1 aliphatic heterocycles. The van der Waals surface area contributed by atoms with Gasteiger partial charge in [-0.1, -0.05) is 18.1 Å². The molecule has 9 heteroatoms. The van der Waals surface area contributed by atoms with E-state index in [1.54, 1.807) is 0 Å². The summed E-state index contributed by atoms with van der Waals surface area (Å²) >= 11 is 9.59. The molecule has 0 aliphatic carbocycles. The Kier molecular flexibility index (Phi) is 4.04. The quantitative estimate of drug-likeness (QED) is 0.560. The van der Waals surface area contributed by atoms with Gasteiger partial charge in [0, 0.05) is 6.20 Å². The molecule has 1 fully saturated rings. The van der Waals surface area contributed by atoms with Crippen molar-refractivity contribution in [2.24, 2.45) is 0 Å². The van der Waals surface area contributed by atoms with Gasteiger partial charge < -0.3 is 19.9 Å². The number of hydrogen-bond acceptors (Lipinski definition) is 5. The number of halogens is 2. The highest BCUT2D eigenvalue weighted by molar-refractivity contribution is 7.72. The van der Waals surface area contributed by atoms with Gasteiger partial charge in [0.2, 0.25) is 5.60 Å². The molecule has 1 saturated heterocycles. The number of aromatic nitrogens is 2. The first-order chi connectivity index (χ1) is 9.35. The number of H-pyrrole nitrogens is 1. The molecule has 20 heavy (non-hydrogen) atoms. The Hall–Kier alpha value is -1.18. The Morgan fingerprint density at radius 2 is 2.25 bits per heavy atom. The van der Waals surface area contributed by atoms with E-state index in [4.69, 9.17) is 28.5 Å². The fourth-order valence-corrected chi connectivity index (χ4v) is 2.42. The van der Waals surface area contributed by atoms with Crippen molar-refractivity contribution in [3.63, 3.8) is 0 Å². The molecule has 1 aromatic heterocycles. The summed E-state index contributed by atoms with van der Waals surface area (Å²) in [7, 11) is 0. The zero-order chi connectivity index (χ0) is 15.1. The maximum absolute atomic E-state index is 14.0. The predicted octanol–water partition coefficient (Wildman–Crippen LogP) is 1.01. The van der Waals surface area contributed by atoms with Gasteiger partial charge in [0.1, 0.15) is 10.7 Å². The maximum atomic E-state index is 14.0. The molecule has 0 saturated carbocycles. The van der Waals surface area contributed by atoms with Crippen molar-refractivity contribution >= 4 is 24.4 Å². The van der Waals surface area contributed by atoms with Crippen LogP contribution < -0.4 is 0 Å². The lowest BCUT2D eigenvalue weighted by Gasteiger charge is -2.26. The van der Waals surface area contributed by atoms with Gasteiger partial charge in [-0.2, -0.15) is 0 Å². The van der Waals surface area contributed by atoms with Gasteiger partial charge in [-0.25, -0.2) is 8.78 Å². The second kappa shape index (κ2) is 5.31. The second-order valence-corrected chi connectivity index (χ2v) is 5.02. The van der Waals surface area contributed by atoms with E-state index in [-0.39, 0.29) is 9.41 Å². The highest BCUT2D eigenvalue weighted by atomic mass is 32.1. The third kappa shape index (κ3) is 2.19. The van der Waals surface area contributed by atoms with Crippen LogP contribution in [0.4, 0.5) is 8.78 Å². The lowest BCUT2D eigenvalue weighted by Crippen LogP contribution is -2.43. The van der Waals surface area contributed by atoms with Crippen LogP contribution in [-0.4, -0.2) is 44.2 Å². The van der Waals surface area contributed by atoms with E-state index in [2.05, 4.69) is 17.2 Å². The summed E-state index contributed by atoms with van der Waals surface area (Å²) in [5.74, 6) is 1.05. The van der Waals surface area contributed by atoms with Crippen LogP contribution in [0.5, 0.6) is 0 Å². The predicted molar refractivity (Wildman–Crippen MR) is 70.1 cm³/mol. The third-order valence-corrected chi connectivity index (χ3v) is 3.63. The van der Waals surface area contributed by atoms with Crippen LogP contribution >= 0.6 is 24.4 Å². The molecular formula is C11H10F2N2O3S2. The van der Waals surface area contributed by atoms with Gasteiger partial charge in [-0.05, 0) is 12.2 Å². The Labute approximate surface area is 122 Å². The molecule has 0 bridgehead atoms. The van der Waals surface area contributed by atoms with Crippen molar-refractivity contribution in [1.29, 1.82) is 0 Å². The van der Waals surface area contributed by atoms with Crippen LogP contribution in [0.15, 0.2) is 6.20 Å². The zero-order valence-electron chi connectivity index (χ0n) is 9.92. The minimum atomic E-state index is -2.38. The largest absolute Gasteiger partial charge is 0.394 e. The monoisotopic (exact) mass is 320 g/mol. The van der Waals surface area contributed by atoms with Crippen molar-refractivity contribution in [3.8, 4) is 12.3 Å². The normalized spacial score (nSPS) is 33.0. The number of alkyl halides is 1. The lowest BCUT2D eigenvalue weighted by atomic mass is 9.96. The molecule has 4 atom stereocenters. The fraction of sp³-hybridized carbons (Fsp3) is 0.455. The summed E-state index contributed by atoms with van der Waals surface area (Å²) in [6.07, 6.45) is 1.15. The van der Waals surface area contributed by atoms with E-state index in [1.807, 2.05) is 5.92 Å². The van der Waals surface area contributed by atoms with Gasteiger partial charge in [-0.3, -0.25) is 4.57 Å². The molecule has 0 spiro atoms. The first-order valence-corrected chi connectivity index (χ1v) is 6.28. The average Bonchev–Trinajstić information content (AvgIpc) is 2.67. The van der Waals surface area contributed by atoms with E-state index in [0.717, 1.165) is 10.8 Å². The Morgan fingerprint density at radius 3 is 2.80 bits per heavy atom. The zero-order valence-corrected chi connectivity index (χ0v) is 11.5. The number of nitrogens with zero attached hydrogens (tertiary/aromatic N) is 1. The number of aliphatic hydroxyl groups is 2. The van der Waals surface area contributed by atoms with Crippen LogP contribution in [0.2, 0.25) is 0 Å². The van der Waals surface area contributed by atoms with Gasteiger partial charge in [-0.15, -0.1) is 6.42 Å². The molecule has 2 rings (SSSR count). The Morgan fingerprint density at radius 1 is 1.60 bits per heavy atom. The number of ether oxygens (including phenoxy) is 1. The fourth-order valence-electron chi connectivity index (χ4n) is 1.96. The molecule has 5 nitrogen and oxygen atoms in total. The molecule has 1 aliphatic rings. The standard InChI is InChI=1S/C11H10F2N2O3S2/c1-2-11(17)7(13)6(4-16)18-9(11)15-3-5(12)8(19)14-10(15)20/h1,3,6-7,9,16-17H,4H2,(H,14,19,20)/t6-,7+,9-,11?/m1/s1. The molecule has 2 heterocycles. The topological polar surface area (TPSA) is 70.4 Å². The molecule has 3 N–H and O–H groups in total. The second-order valence-electron chi connectivity index (χ2n) is 4.22. The Bertz CT molecular complexity index is 683. The van der Waals surface area contributed by atoms with E-state index < -0.39 is 36.5 Å². The van der Waals surface area contributed by atoms with Crippen molar-refractivity contribution in [1.82, 2.24) is 9.55 Å². The van der Waals surface area contributed by atoms with Gasteiger partial charge in [0.15, 0.2) is 23.0 Å². The number of terminal acetylenes is 1. The minimum absolute atomic E-state index is 0.0964. The van der Waals surface area contributed by atoms with Crippen molar-refractivity contribution in [2.45, 2.75) is 24.1 Å². The summed E-state index contributed by atoms with van der Waals surface area (Å²) < 4.78 is 33.3. The van der Waals surface area contributed by atoms with E-state index in [0.29, 0.717) is 0 Å². The van der Waals surface area contributed by atoms with Crippen LogP contribution in [0, 0.1) is 27.6 Å². The number of aliphatic hydroxyl groups excluding tert-OH is 1. The number of aromatic amines is 1. The Balaban J connectivity index is 2.58. The van der Waals surface area contributed by atoms with E-state index in [1.165, 1.54) is 0 Å². The number of hydrogen-bond donors (Lipinski definition) is 3. The van der Waals surface area contributed by atoms with Gasteiger partial charge in [0.05, 0.1) is 6.61 Å². The molecule has 0 radical (unpaired) electrons. The first kappa shape index (κ1) is 15.2. The molecule has 108 valence electrons. The highest BCUT2D eigenvalue weighted by Crippen LogP contribution is 2.39. The smallest absolute Gasteiger partial charge is 0.204 e. The average molecular weight is 320 g/mol. The molecule has 1 aromatic rings. The lowest BCUT2D eigenvalue weighted by molar-refractivity contribution is -0.0743. The third-order valence-electron chi connectivity index (χ3n) is 3.02. The number of nitrogens with one attached hydrogen (secondary N) is 1. The molecule has 0 amide bonds. The minimum Gasteiger partial charge on any atom is -0.394 e. The van der Waals surface area contributed by atoms with Crippen LogP contribution in [0.25, 0.3) is 0 Å². The molecular weight excluding hydrogens is 310 g/mol. The summed E-state index contributed by atoms with van der Waals surface area (Å²) in [5.41, 5.74) is -2.38. The van der Waals surface area contributed by atoms with E-state index in [9.17, 15) is 13.9 Å². The highest BCUT2D eigenvalue weighted by Gasteiger charge is 2.56.